The molecule has 0 bridgehead atoms. The standard InChI is InChI=1S/C48H26N4O/c1-2-13-32-31(12-1)33-16-8-11-28-24-30(25-38(32)42(28)33)46-50-47(52-48(51-46)37-18-9-21-41-45(37)35-15-4-6-20-40(35)53-41)36-17-7-10-27-22-23-29-26-49-39-19-5-3-14-34(39)44(29)43(27)36/h1-26H. The quantitative estimate of drug-likeness (QED) is 0.175. The molecule has 0 saturated heterocycles. The van der Waals surface area contributed by atoms with Gasteiger partial charge in [-0.25, -0.2) is 15.0 Å². The maximum absolute atomic E-state index is 6.33. The third-order valence-electron chi connectivity index (χ3n) is 10.9. The number of hydrogen-bond acceptors (Lipinski definition) is 5. The SMILES string of the molecule is c1ccc2c(c1)-c1cccc3cc(-c4nc(-c5cccc6oc7ccccc7c56)nc(-c5cccc6ccc7cnc8ccccc8c7c56)n4)cc-2c13. The Labute approximate surface area is 302 Å². The molecule has 1 aliphatic carbocycles. The van der Waals surface area contributed by atoms with Crippen molar-refractivity contribution in [2.24, 2.45) is 0 Å². The fourth-order valence-electron chi connectivity index (χ4n) is 8.57. The van der Waals surface area contributed by atoms with Crippen LogP contribution in [0.1, 0.15) is 0 Å². The molecule has 244 valence electrons. The molecule has 8 aromatic carbocycles. The first-order valence-corrected chi connectivity index (χ1v) is 17.8. The van der Waals surface area contributed by atoms with Gasteiger partial charge < -0.3 is 4.42 Å². The van der Waals surface area contributed by atoms with Crippen molar-refractivity contribution in [3.8, 4) is 56.4 Å². The van der Waals surface area contributed by atoms with Crippen molar-refractivity contribution in [1.82, 2.24) is 19.9 Å². The average Bonchev–Trinajstić information content (AvgIpc) is 3.77. The number of para-hydroxylation sites is 2. The van der Waals surface area contributed by atoms with E-state index in [2.05, 4.69) is 115 Å². The first kappa shape index (κ1) is 28.5. The Morgan fingerprint density at radius 3 is 1.85 bits per heavy atom. The molecule has 11 aromatic rings. The second kappa shape index (κ2) is 10.6. The lowest BCUT2D eigenvalue weighted by atomic mass is 9.95. The van der Waals surface area contributed by atoms with Crippen LogP contribution in [0, 0.1) is 0 Å². The monoisotopic (exact) mass is 674 g/mol. The molecule has 0 atom stereocenters. The van der Waals surface area contributed by atoms with Crippen LogP contribution in [0.4, 0.5) is 0 Å². The van der Waals surface area contributed by atoms with Gasteiger partial charge in [0.05, 0.1) is 5.52 Å². The summed E-state index contributed by atoms with van der Waals surface area (Å²) in [7, 11) is 0. The molecule has 0 fully saturated rings. The number of benzene rings is 8. The number of pyridine rings is 1. The third kappa shape index (κ3) is 4.07. The lowest BCUT2D eigenvalue weighted by Crippen LogP contribution is -2.01. The van der Waals surface area contributed by atoms with Gasteiger partial charge in [-0.05, 0) is 68.7 Å². The summed E-state index contributed by atoms with van der Waals surface area (Å²) in [4.78, 5) is 20.8. The second-order valence-electron chi connectivity index (χ2n) is 13.8. The molecule has 0 amide bonds. The highest BCUT2D eigenvalue weighted by atomic mass is 16.3. The van der Waals surface area contributed by atoms with Crippen LogP contribution in [0.3, 0.4) is 0 Å². The van der Waals surface area contributed by atoms with Crippen LogP contribution in [0.2, 0.25) is 0 Å². The zero-order valence-corrected chi connectivity index (χ0v) is 28.2. The van der Waals surface area contributed by atoms with Crippen molar-refractivity contribution in [3.63, 3.8) is 0 Å². The van der Waals surface area contributed by atoms with Gasteiger partial charge in [0, 0.05) is 55.2 Å². The largest absolute Gasteiger partial charge is 0.456 e. The van der Waals surface area contributed by atoms with Crippen LogP contribution in [-0.4, -0.2) is 19.9 Å². The smallest absolute Gasteiger partial charge is 0.164 e. The van der Waals surface area contributed by atoms with Gasteiger partial charge in [-0.15, -0.1) is 0 Å². The predicted molar refractivity (Wildman–Crippen MR) is 216 cm³/mol. The molecule has 1 aliphatic rings. The van der Waals surface area contributed by atoms with E-state index >= 15 is 0 Å². The summed E-state index contributed by atoms with van der Waals surface area (Å²) in [5.74, 6) is 1.82. The fraction of sp³-hybridized carbons (Fsp3) is 0. The molecule has 0 aliphatic heterocycles. The van der Waals surface area contributed by atoms with Gasteiger partial charge in [0.2, 0.25) is 0 Å². The van der Waals surface area contributed by atoms with E-state index in [1.165, 1.54) is 27.6 Å². The molecule has 0 radical (unpaired) electrons. The summed E-state index contributed by atoms with van der Waals surface area (Å²) in [5, 5.41) is 9.95. The van der Waals surface area contributed by atoms with E-state index in [1.807, 2.05) is 42.6 Å². The Hall–Kier alpha value is -7.24. The second-order valence-corrected chi connectivity index (χ2v) is 13.8. The molecule has 0 N–H and O–H groups in total. The van der Waals surface area contributed by atoms with Crippen molar-refractivity contribution >= 4 is 65.2 Å². The number of rotatable bonds is 3. The molecular formula is C48H26N4O. The van der Waals surface area contributed by atoms with Crippen LogP contribution >= 0.6 is 0 Å². The van der Waals surface area contributed by atoms with Crippen LogP contribution in [0.25, 0.3) is 122 Å². The van der Waals surface area contributed by atoms with E-state index in [9.17, 15) is 0 Å². The molecule has 53 heavy (non-hydrogen) atoms. The molecule has 0 unspecified atom stereocenters. The van der Waals surface area contributed by atoms with Gasteiger partial charge >= 0.3 is 0 Å². The number of hydrogen-bond donors (Lipinski definition) is 0. The van der Waals surface area contributed by atoms with E-state index in [1.54, 1.807) is 0 Å². The summed E-state index contributed by atoms with van der Waals surface area (Å²) in [6.07, 6.45) is 1.97. The number of nitrogens with zero attached hydrogens (tertiary/aromatic N) is 4. The number of fused-ring (bicyclic) bond motifs is 11. The molecule has 12 rings (SSSR count). The van der Waals surface area contributed by atoms with Crippen molar-refractivity contribution in [3.05, 3.63) is 158 Å². The molecular weight excluding hydrogens is 649 g/mol. The summed E-state index contributed by atoms with van der Waals surface area (Å²) in [6, 6.07) is 53.0. The Balaban J connectivity index is 1.19. The molecule has 5 heteroatoms. The minimum Gasteiger partial charge on any atom is -0.456 e. The number of aromatic nitrogens is 4. The van der Waals surface area contributed by atoms with Crippen molar-refractivity contribution in [1.29, 1.82) is 0 Å². The van der Waals surface area contributed by atoms with E-state index in [0.29, 0.717) is 17.5 Å². The normalized spacial score (nSPS) is 12.2. The summed E-state index contributed by atoms with van der Waals surface area (Å²) in [6.45, 7) is 0. The maximum atomic E-state index is 6.33. The Morgan fingerprint density at radius 1 is 0.358 bits per heavy atom. The highest BCUT2D eigenvalue weighted by Gasteiger charge is 2.24. The maximum Gasteiger partial charge on any atom is 0.164 e. The van der Waals surface area contributed by atoms with Crippen molar-refractivity contribution in [2.75, 3.05) is 0 Å². The molecule has 0 spiro atoms. The van der Waals surface area contributed by atoms with Gasteiger partial charge in [-0.1, -0.05) is 121 Å². The summed E-state index contributed by atoms with van der Waals surface area (Å²) >= 11 is 0. The minimum atomic E-state index is 0.594. The van der Waals surface area contributed by atoms with Crippen molar-refractivity contribution in [2.45, 2.75) is 0 Å². The topological polar surface area (TPSA) is 64.7 Å². The van der Waals surface area contributed by atoms with Gasteiger partial charge in [-0.2, -0.15) is 0 Å². The van der Waals surface area contributed by atoms with Gasteiger partial charge in [0.1, 0.15) is 11.2 Å². The van der Waals surface area contributed by atoms with E-state index in [-0.39, 0.29) is 0 Å². The highest BCUT2D eigenvalue weighted by molar-refractivity contribution is 6.23. The summed E-state index contributed by atoms with van der Waals surface area (Å²) < 4.78 is 6.33. The first-order chi connectivity index (χ1) is 26.3. The van der Waals surface area contributed by atoms with Gasteiger partial charge in [0.25, 0.3) is 0 Å². The minimum absolute atomic E-state index is 0.594. The van der Waals surface area contributed by atoms with Gasteiger partial charge in [-0.3, -0.25) is 4.98 Å². The van der Waals surface area contributed by atoms with E-state index < -0.39 is 0 Å². The molecule has 0 saturated carbocycles. The molecule has 5 nitrogen and oxygen atoms in total. The lowest BCUT2D eigenvalue weighted by Gasteiger charge is -2.14. The van der Waals surface area contributed by atoms with E-state index in [0.717, 1.165) is 76.5 Å². The van der Waals surface area contributed by atoms with Gasteiger partial charge in [0.15, 0.2) is 17.5 Å². The zero-order chi connectivity index (χ0) is 34.6. The lowest BCUT2D eigenvalue weighted by molar-refractivity contribution is 0.669. The van der Waals surface area contributed by atoms with Crippen LogP contribution in [-0.2, 0) is 0 Å². The highest BCUT2D eigenvalue weighted by Crippen LogP contribution is 2.49. The Kier molecular flexibility index (Phi) is 5.71. The Bertz CT molecular complexity index is 3360. The summed E-state index contributed by atoms with van der Waals surface area (Å²) in [5.41, 5.74) is 10.3. The van der Waals surface area contributed by atoms with E-state index in [4.69, 9.17) is 24.4 Å². The first-order valence-electron chi connectivity index (χ1n) is 17.8. The number of furan rings is 1. The average molecular weight is 675 g/mol. The van der Waals surface area contributed by atoms with Crippen LogP contribution in [0.5, 0.6) is 0 Å². The van der Waals surface area contributed by atoms with Crippen molar-refractivity contribution < 1.29 is 4.42 Å². The third-order valence-corrected chi connectivity index (χ3v) is 10.9. The molecule has 3 heterocycles. The van der Waals surface area contributed by atoms with Crippen LogP contribution < -0.4 is 0 Å². The zero-order valence-electron chi connectivity index (χ0n) is 28.2. The molecule has 3 aromatic heterocycles. The van der Waals surface area contributed by atoms with Crippen LogP contribution in [0.15, 0.2) is 162 Å². The predicted octanol–water partition coefficient (Wildman–Crippen LogP) is 12.4. The Morgan fingerprint density at radius 2 is 0.981 bits per heavy atom. The fourth-order valence-corrected chi connectivity index (χ4v) is 8.57.